The van der Waals surface area contributed by atoms with Crippen molar-refractivity contribution in [2.75, 3.05) is 23.7 Å². The zero-order valence-electron chi connectivity index (χ0n) is 16.3. The summed E-state index contributed by atoms with van der Waals surface area (Å²) in [4.78, 5) is 16.8. The highest BCUT2D eigenvalue weighted by molar-refractivity contribution is 6.10. The van der Waals surface area contributed by atoms with Gasteiger partial charge in [-0.25, -0.2) is 4.98 Å². The summed E-state index contributed by atoms with van der Waals surface area (Å²) in [5, 5.41) is 8.59. The highest BCUT2D eigenvalue weighted by Gasteiger charge is 2.13. The zero-order valence-corrected chi connectivity index (χ0v) is 17.1. The first-order valence-electron chi connectivity index (χ1n) is 9.40. The second-order valence-corrected chi connectivity index (χ2v) is 6.78. The van der Waals surface area contributed by atoms with E-state index in [9.17, 15) is 4.79 Å². The molecule has 0 saturated carbocycles. The Morgan fingerprint density at radius 3 is 2.50 bits per heavy atom. The molecule has 0 aliphatic carbocycles. The van der Waals surface area contributed by atoms with Gasteiger partial charge in [-0.2, -0.15) is 0 Å². The lowest BCUT2D eigenvalue weighted by Gasteiger charge is -2.13. The molecule has 4 rings (SSSR count). The number of nitrogens with zero attached hydrogens (tertiary/aromatic N) is 1. The molecule has 0 bridgehead atoms. The maximum Gasteiger partial charge on any atom is 0.179 e. The normalized spacial score (nSPS) is 11.0. The van der Waals surface area contributed by atoms with Crippen molar-refractivity contribution in [3.63, 3.8) is 0 Å². The number of aryl methyl sites for hydroxylation is 1. The highest BCUT2D eigenvalue weighted by atomic mass is 35.5. The average Bonchev–Trinajstić information content (AvgIpc) is 2.65. The van der Waals surface area contributed by atoms with Gasteiger partial charge < -0.3 is 15.1 Å². The van der Waals surface area contributed by atoms with Gasteiger partial charge in [-0.3, -0.25) is 4.79 Å². The van der Waals surface area contributed by atoms with E-state index in [2.05, 4.69) is 31.4 Å². The smallest absolute Gasteiger partial charge is 0.179 e. The van der Waals surface area contributed by atoms with Gasteiger partial charge in [-0.15, -0.1) is 12.4 Å². The Bertz CT molecular complexity index is 1220. The van der Waals surface area contributed by atoms with Crippen LogP contribution < -0.4 is 16.1 Å². The monoisotopic (exact) mass is 397 g/mol. The van der Waals surface area contributed by atoms with E-state index < -0.39 is 0 Å². The van der Waals surface area contributed by atoms with Crippen LogP contribution in [0, 0.1) is 6.92 Å². The minimum absolute atomic E-state index is 0. The van der Waals surface area contributed by atoms with Crippen LogP contribution in [-0.2, 0) is 0 Å². The largest absolute Gasteiger partial charge is 0.453 e. The summed E-state index contributed by atoms with van der Waals surface area (Å²) < 4.78 is 6.21. The first-order chi connectivity index (χ1) is 13.1. The number of fused-ring (bicyclic) bond motifs is 4. The van der Waals surface area contributed by atoms with Crippen molar-refractivity contribution in [3.05, 3.63) is 52.2 Å². The molecule has 6 heteroatoms. The number of aromatic nitrogens is 1. The lowest BCUT2D eigenvalue weighted by molar-refractivity contribution is 0.657. The Labute approximate surface area is 169 Å². The fourth-order valence-electron chi connectivity index (χ4n) is 3.42. The first-order valence-corrected chi connectivity index (χ1v) is 9.40. The Morgan fingerprint density at radius 2 is 1.75 bits per heavy atom. The van der Waals surface area contributed by atoms with Crippen LogP contribution in [0.5, 0.6) is 0 Å². The molecule has 0 aliphatic rings. The predicted molar refractivity (Wildman–Crippen MR) is 120 cm³/mol. The second kappa shape index (κ2) is 8.07. The van der Waals surface area contributed by atoms with E-state index in [0.717, 1.165) is 58.3 Å². The van der Waals surface area contributed by atoms with Crippen molar-refractivity contribution in [2.24, 2.45) is 0 Å². The Kier molecular flexibility index (Phi) is 5.75. The summed E-state index contributed by atoms with van der Waals surface area (Å²) in [5.74, 6) is 0. The summed E-state index contributed by atoms with van der Waals surface area (Å²) in [6, 6.07) is 11.1. The van der Waals surface area contributed by atoms with Gasteiger partial charge in [0.25, 0.3) is 0 Å². The van der Waals surface area contributed by atoms with Crippen molar-refractivity contribution in [1.29, 1.82) is 0 Å². The van der Waals surface area contributed by atoms with Crippen LogP contribution in [0.25, 0.3) is 33.0 Å². The minimum Gasteiger partial charge on any atom is -0.453 e. The van der Waals surface area contributed by atoms with Crippen molar-refractivity contribution >= 4 is 56.8 Å². The van der Waals surface area contributed by atoms with Gasteiger partial charge in [0.05, 0.1) is 0 Å². The van der Waals surface area contributed by atoms with E-state index in [1.165, 1.54) is 0 Å². The number of hydrogen-bond acceptors (Lipinski definition) is 5. The number of rotatable bonds is 5. The van der Waals surface area contributed by atoms with Crippen LogP contribution in [0.4, 0.5) is 11.4 Å². The van der Waals surface area contributed by atoms with Crippen molar-refractivity contribution in [1.82, 2.24) is 4.98 Å². The van der Waals surface area contributed by atoms with E-state index in [1.807, 2.05) is 24.3 Å². The fourth-order valence-corrected chi connectivity index (χ4v) is 3.42. The van der Waals surface area contributed by atoms with Gasteiger partial charge in [0.15, 0.2) is 16.6 Å². The number of nitrogens with one attached hydrogen (secondary N) is 2. The predicted octanol–water partition coefficient (Wildman–Crippen LogP) is 5.48. The molecule has 1 aromatic heterocycles. The third kappa shape index (κ3) is 3.50. The lowest BCUT2D eigenvalue weighted by atomic mass is 10.1. The number of halogens is 1. The molecule has 4 aromatic rings. The quantitative estimate of drug-likeness (QED) is 0.345. The molecular formula is C22H24ClN3O2. The average molecular weight is 398 g/mol. The fraction of sp³-hybridized carbons (Fsp3) is 0.273. The molecule has 5 nitrogen and oxygen atoms in total. The van der Waals surface area contributed by atoms with Gasteiger partial charge in [0.1, 0.15) is 11.0 Å². The molecule has 0 unspecified atom stereocenters. The Balaban J connectivity index is 0.00000225. The highest BCUT2D eigenvalue weighted by Crippen LogP contribution is 2.33. The summed E-state index contributed by atoms with van der Waals surface area (Å²) >= 11 is 0. The van der Waals surface area contributed by atoms with Gasteiger partial charge in [-0.1, -0.05) is 6.92 Å². The Morgan fingerprint density at radius 1 is 0.964 bits per heavy atom. The molecule has 146 valence electrons. The Hall–Kier alpha value is -2.79. The van der Waals surface area contributed by atoms with Crippen molar-refractivity contribution in [3.8, 4) is 0 Å². The SMILES string of the molecule is CCCNc1cc2oc3cc(NCC)c(C)cc3nc2c2cc(=O)ccc12.Cl. The molecule has 0 radical (unpaired) electrons. The van der Waals surface area contributed by atoms with Gasteiger partial charge in [-0.05, 0) is 50.1 Å². The molecule has 1 heterocycles. The number of benzene rings is 3. The molecule has 28 heavy (non-hydrogen) atoms. The molecular weight excluding hydrogens is 374 g/mol. The summed E-state index contributed by atoms with van der Waals surface area (Å²) in [5.41, 5.74) is 5.98. The molecule has 0 saturated heterocycles. The van der Waals surface area contributed by atoms with Crippen LogP contribution in [0.1, 0.15) is 25.8 Å². The van der Waals surface area contributed by atoms with Gasteiger partial charge in [0.2, 0.25) is 0 Å². The van der Waals surface area contributed by atoms with Crippen LogP contribution in [-0.4, -0.2) is 18.1 Å². The van der Waals surface area contributed by atoms with Crippen LogP contribution in [0.3, 0.4) is 0 Å². The third-order valence-electron chi connectivity index (χ3n) is 4.74. The molecule has 0 spiro atoms. The maximum absolute atomic E-state index is 12.0. The van der Waals surface area contributed by atoms with Crippen molar-refractivity contribution in [2.45, 2.75) is 27.2 Å². The number of anilines is 2. The molecule has 0 fully saturated rings. The van der Waals surface area contributed by atoms with Crippen LogP contribution in [0.15, 0.2) is 45.6 Å². The maximum atomic E-state index is 12.0. The molecule has 2 N–H and O–H groups in total. The van der Waals surface area contributed by atoms with E-state index in [1.54, 1.807) is 12.1 Å². The van der Waals surface area contributed by atoms with E-state index in [-0.39, 0.29) is 17.8 Å². The molecule has 0 aliphatic heterocycles. The van der Waals surface area contributed by atoms with E-state index in [0.29, 0.717) is 11.1 Å². The summed E-state index contributed by atoms with van der Waals surface area (Å²) in [7, 11) is 0. The molecule has 0 atom stereocenters. The van der Waals surface area contributed by atoms with Gasteiger partial charge >= 0.3 is 0 Å². The molecule has 0 amide bonds. The van der Waals surface area contributed by atoms with E-state index in [4.69, 9.17) is 9.40 Å². The summed E-state index contributed by atoms with van der Waals surface area (Å²) in [6.45, 7) is 7.93. The van der Waals surface area contributed by atoms with Crippen LogP contribution >= 0.6 is 12.4 Å². The number of hydrogen-bond donors (Lipinski definition) is 2. The lowest BCUT2D eigenvalue weighted by Crippen LogP contribution is -2.03. The topological polar surface area (TPSA) is 67.2 Å². The standard InChI is InChI=1S/C22H23N3O2.ClH/c1-4-8-24-18-12-21-22(16-10-14(26)6-7-15(16)18)25-19-9-13(3)17(23-5-2)11-20(19)27-21;/h6-7,9-12,23-24H,4-5,8H2,1-3H3;1H. The first kappa shape index (κ1) is 20.0. The minimum atomic E-state index is -0.0305. The summed E-state index contributed by atoms with van der Waals surface area (Å²) in [6.07, 6.45) is 1.01. The van der Waals surface area contributed by atoms with Gasteiger partial charge in [0, 0.05) is 47.4 Å². The third-order valence-corrected chi connectivity index (χ3v) is 4.74. The molecule has 3 aromatic carbocycles. The zero-order chi connectivity index (χ0) is 19.0. The van der Waals surface area contributed by atoms with E-state index >= 15 is 0 Å². The van der Waals surface area contributed by atoms with Crippen molar-refractivity contribution < 1.29 is 4.42 Å². The second-order valence-electron chi connectivity index (χ2n) is 6.78. The van der Waals surface area contributed by atoms with Crippen LogP contribution in [0.2, 0.25) is 0 Å².